The highest BCUT2D eigenvalue weighted by Crippen LogP contribution is 2.28. The molecule has 8 nitrogen and oxygen atoms in total. The molecule has 1 N–H and O–H groups in total. The Hall–Kier alpha value is -2.77. The summed E-state index contributed by atoms with van der Waals surface area (Å²) in [5, 5.41) is 3.06. The van der Waals surface area contributed by atoms with Crippen molar-refractivity contribution in [2.24, 2.45) is 5.92 Å². The molecule has 0 fully saturated rings. The summed E-state index contributed by atoms with van der Waals surface area (Å²) in [6.45, 7) is 3.84. The minimum Gasteiger partial charge on any atom is -0.497 e. The van der Waals surface area contributed by atoms with Crippen LogP contribution in [0, 0.1) is 5.92 Å². The van der Waals surface area contributed by atoms with Crippen molar-refractivity contribution >= 4 is 22.9 Å². The number of rotatable bonds is 7. The molecule has 2 atom stereocenters. The van der Waals surface area contributed by atoms with E-state index in [1.54, 1.807) is 12.1 Å². The molecule has 0 aliphatic rings. The molecule has 0 radical (unpaired) electrons. The second kappa shape index (κ2) is 7.87. The van der Waals surface area contributed by atoms with E-state index in [4.69, 9.17) is 18.6 Å². The summed E-state index contributed by atoms with van der Waals surface area (Å²) in [5.41, 5.74) is -0.289. The molecule has 0 saturated carbocycles. The molecule has 1 heterocycles. The third-order valence-electron chi connectivity index (χ3n) is 4.07. The largest absolute Gasteiger partial charge is 0.497 e. The molecule has 8 heteroatoms. The number of hydrogen-bond donors (Lipinski definition) is 1. The summed E-state index contributed by atoms with van der Waals surface area (Å²) in [5.74, 6) is 0.283. The summed E-state index contributed by atoms with van der Waals surface area (Å²) < 4.78 is 20.4. The van der Waals surface area contributed by atoms with Crippen molar-refractivity contribution in [2.45, 2.75) is 26.3 Å². The molecule has 0 bridgehead atoms. The summed E-state index contributed by atoms with van der Waals surface area (Å²) in [7, 11) is 4.25. The van der Waals surface area contributed by atoms with Crippen LogP contribution in [-0.2, 0) is 9.53 Å². The van der Waals surface area contributed by atoms with Gasteiger partial charge in [-0.3, -0.25) is 0 Å². The van der Waals surface area contributed by atoms with Gasteiger partial charge < -0.3 is 23.9 Å². The second-order valence-corrected chi connectivity index (χ2v) is 5.56. The van der Waals surface area contributed by atoms with Crippen LogP contribution in [0.15, 0.2) is 21.3 Å². The van der Waals surface area contributed by atoms with Gasteiger partial charge in [-0.1, -0.05) is 20.3 Å². The number of nitrogens with one attached hydrogen (secondary N) is 1. The third kappa shape index (κ3) is 3.84. The zero-order chi connectivity index (χ0) is 18.6. The number of ether oxygens (including phenoxy) is 3. The van der Waals surface area contributed by atoms with Gasteiger partial charge in [-0.15, -0.1) is 0 Å². The molecule has 2 aromatic rings. The molecule has 25 heavy (non-hydrogen) atoms. The van der Waals surface area contributed by atoms with Gasteiger partial charge in [0.2, 0.25) is 0 Å². The molecule has 0 spiro atoms. The Kier molecular flexibility index (Phi) is 5.84. The summed E-state index contributed by atoms with van der Waals surface area (Å²) in [6.07, 6.45) is 0.728. The van der Waals surface area contributed by atoms with E-state index in [0.29, 0.717) is 17.0 Å². The molecule has 0 unspecified atom stereocenters. The topological polar surface area (TPSA) is 99.9 Å². The Balaban J connectivity index is 2.52. The molecular formula is C17H22N2O6. The average molecular weight is 350 g/mol. The van der Waals surface area contributed by atoms with Gasteiger partial charge in [0, 0.05) is 12.1 Å². The lowest BCUT2D eigenvalue weighted by molar-refractivity contribution is -0.142. The fraction of sp³-hybridized carbons (Fsp3) is 0.471. The predicted molar refractivity (Wildman–Crippen MR) is 92.3 cm³/mol. The molecule has 136 valence electrons. The molecule has 0 amide bonds. The van der Waals surface area contributed by atoms with Gasteiger partial charge in [-0.2, -0.15) is 4.98 Å². The van der Waals surface area contributed by atoms with Crippen molar-refractivity contribution in [3.8, 4) is 11.5 Å². The van der Waals surface area contributed by atoms with E-state index in [-0.39, 0.29) is 17.3 Å². The zero-order valence-electron chi connectivity index (χ0n) is 14.9. The first kappa shape index (κ1) is 18.6. The maximum atomic E-state index is 12.4. The monoisotopic (exact) mass is 350 g/mol. The van der Waals surface area contributed by atoms with Crippen LogP contribution in [0.3, 0.4) is 0 Å². The van der Waals surface area contributed by atoms with Gasteiger partial charge >= 0.3 is 11.6 Å². The maximum Gasteiger partial charge on any atom is 0.351 e. The number of benzene rings is 1. The number of aromatic nitrogens is 1. The Morgan fingerprint density at radius 2 is 2.00 bits per heavy atom. The lowest BCUT2D eigenvalue weighted by atomic mass is 9.99. The summed E-state index contributed by atoms with van der Waals surface area (Å²) in [6, 6.07) is 2.42. The number of carbonyl (C=O) groups excluding carboxylic acids is 1. The highest BCUT2D eigenvalue weighted by Gasteiger charge is 2.26. The fourth-order valence-corrected chi connectivity index (χ4v) is 2.41. The lowest BCUT2D eigenvalue weighted by Gasteiger charge is -2.21. The van der Waals surface area contributed by atoms with E-state index < -0.39 is 17.6 Å². The Morgan fingerprint density at radius 1 is 1.28 bits per heavy atom. The Bertz CT molecular complexity index is 817. The number of carbonyl (C=O) groups is 1. The van der Waals surface area contributed by atoms with E-state index >= 15 is 0 Å². The van der Waals surface area contributed by atoms with E-state index in [2.05, 4.69) is 10.3 Å². The van der Waals surface area contributed by atoms with E-state index in [0.717, 1.165) is 6.42 Å². The van der Waals surface area contributed by atoms with Gasteiger partial charge in [-0.25, -0.2) is 9.59 Å². The molecule has 1 aromatic carbocycles. The Morgan fingerprint density at radius 3 is 2.56 bits per heavy atom. The van der Waals surface area contributed by atoms with Crippen molar-refractivity contribution in [1.82, 2.24) is 4.98 Å². The van der Waals surface area contributed by atoms with Crippen LogP contribution < -0.4 is 20.4 Å². The van der Waals surface area contributed by atoms with Gasteiger partial charge in [-0.05, 0) is 5.92 Å². The van der Waals surface area contributed by atoms with Crippen LogP contribution in [0.25, 0.3) is 10.9 Å². The third-order valence-corrected chi connectivity index (χ3v) is 4.07. The number of fused-ring (bicyclic) bond motifs is 1. The lowest BCUT2D eigenvalue weighted by Crippen LogP contribution is -2.37. The summed E-state index contributed by atoms with van der Waals surface area (Å²) >= 11 is 0. The number of hydrogen-bond acceptors (Lipinski definition) is 8. The first-order valence-electron chi connectivity index (χ1n) is 7.86. The number of esters is 1. The zero-order valence-corrected chi connectivity index (χ0v) is 14.9. The van der Waals surface area contributed by atoms with Crippen LogP contribution >= 0.6 is 0 Å². The van der Waals surface area contributed by atoms with Crippen LogP contribution in [0.4, 0.5) is 6.01 Å². The van der Waals surface area contributed by atoms with Crippen LogP contribution in [0.2, 0.25) is 0 Å². The van der Waals surface area contributed by atoms with Crippen LogP contribution in [0.5, 0.6) is 11.5 Å². The van der Waals surface area contributed by atoms with Gasteiger partial charge in [0.05, 0.1) is 26.8 Å². The van der Waals surface area contributed by atoms with Crippen molar-refractivity contribution in [3.63, 3.8) is 0 Å². The first-order chi connectivity index (χ1) is 11.9. The van der Waals surface area contributed by atoms with Gasteiger partial charge in [0.15, 0.2) is 0 Å². The normalized spacial score (nSPS) is 13.2. The first-order valence-corrected chi connectivity index (χ1v) is 7.86. The van der Waals surface area contributed by atoms with Crippen molar-refractivity contribution in [1.29, 1.82) is 0 Å². The van der Waals surface area contributed by atoms with Gasteiger partial charge in [0.25, 0.3) is 6.01 Å². The molecule has 0 saturated heterocycles. The molecule has 0 aliphatic heterocycles. The minimum absolute atomic E-state index is 0.0462. The molecular weight excluding hydrogens is 328 g/mol. The van der Waals surface area contributed by atoms with Crippen molar-refractivity contribution in [3.05, 3.63) is 22.6 Å². The summed E-state index contributed by atoms with van der Waals surface area (Å²) in [4.78, 5) is 28.6. The van der Waals surface area contributed by atoms with E-state index in [1.165, 1.54) is 21.3 Å². The van der Waals surface area contributed by atoms with Gasteiger partial charge in [0.1, 0.15) is 22.9 Å². The quantitative estimate of drug-likeness (QED) is 0.759. The minimum atomic E-state index is -0.685. The number of anilines is 1. The smallest absolute Gasteiger partial charge is 0.351 e. The van der Waals surface area contributed by atoms with E-state index in [9.17, 15) is 9.59 Å². The molecule has 0 aliphatic carbocycles. The van der Waals surface area contributed by atoms with E-state index in [1.807, 2.05) is 13.8 Å². The molecule has 1 aromatic heterocycles. The standard InChI is InChI=1S/C17H22N2O6/c1-6-9(2)14(16(21)24-5)19-17-18-11-7-10(22-3)8-12(23-4)13(11)15(20)25-17/h7-9,14H,6H2,1-5H3,(H,18,19)/t9-,14-/m0/s1. The van der Waals surface area contributed by atoms with Crippen molar-refractivity contribution in [2.75, 3.05) is 26.6 Å². The number of methoxy groups -OCH3 is 3. The van der Waals surface area contributed by atoms with Crippen LogP contribution in [-0.4, -0.2) is 38.3 Å². The second-order valence-electron chi connectivity index (χ2n) is 5.56. The SMILES string of the molecule is CC[C@H](C)[C@H](Nc1nc2cc(OC)cc(OC)c2c(=O)o1)C(=O)OC. The molecule has 2 rings (SSSR count). The highest BCUT2D eigenvalue weighted by atomic mass is 16.5. The fourth-order valence-electron chi connectivity index (χ4n) is 2.41. The number of nitrogens with zero attached hydrogens (tertiary/aromatic N) is 1. The maximum absolute atomic E-state index is 12.4. The van der Waals surface area contributed by atoms with Crippen molar-refractivity contribution < 1.29 is 23.4 Å². The average Bonchev–Trinajstić information content (AvgIpc) is 2.63. The Labute approximate surface area is 145 Å². The highest BCUT2D eigenvalue weighted by molar-refractivity contribution is 5.86. The van der Waals surface area contributed by atoms with Crippen LogP contribution in [0.1, 0.15) is 20.3 Å². The predicted octanol–water partition coefficient (Wildman–Crippen LogP) is 2.20.